The van der Waals surface area contributed by atoms with Crippen LogP contribution in [-0.4, -0.2) is 88.4 Å². The van der Waals surface area contributed by atoms with Crippen LogP contribution in [0.3, 0.4) is 0 Å². The van der Waals surface area contributed by atoms with Crippen molar-refractivity contribution in [2.45, 2.75) is 17.6 Å². The van der Waals surface area contributed by atoms with Crippen LogP contribution in [0.15, 0.2) is 16.4 Å². The average molecular weight is 432 g/mol. The van der Waals surface area contributed by atoms with Gasteiger partial charge in [-0.25, -0.2) is 14.1 Å². The topological polar surface area (TPSA) is 156 Å². The fraction of sp³-hybridized carbons (Fsp3) is 0.643. The summed E-state index contributed by atoms with van der Waals surface area (Å²) in [5, 5.41) is 10.3. The number of thioether (sulfide) groups is 1. The van der Waals surface area contributed by atoms with E-state index in [0.29, 0.717) is 0 Å². The summed E-state index contributed by atoms with van der Waals surface area (Å²) < 4.78 is 21.4. The van der Waals surface area contributed by atoms with Gasteiger partial charge in [0.1, 0.15) is 17.7 Å². The summed E-state index contributed by atoms with van der Waals surface area (Å²) in [7, 11) is 2.26. The van der Waals surface area contributed by atoms with Gasteiger partial charge in [0.05, 0.1) is 0 Å². The Kier molecular flexibility index (Phi) is 6.17. The van der Waals surface area contributed by atoms with Crippen LogP contribution in [0.5, 0.6) is 0 Å². The minimum absolute atomic E-state index is 0.104. The molecule has 2 aliphatic heterocycles. The Bertz CT molecular complexity index is 841. The zero-order chi connectivity index (χ0) is 21.4. The molecule has 14 heteroatoms. The number of azide groups is 1. The number of carboxylic acid groups (broad SMARTS) is 1. The summed E-state index contributed by atoms with van der Waals surface area (Å²) in [5.41, 5.74) is 9.00. The first kappa shape index (κ1) is 22.3. The number of aliphatic carboxylic acids is 1. The fourth-order valence-electron chi connectivity index (χ4n) is 3.34. The quantitative estimate of drug-likeness (QED) is 0.155. The standard InChI is InChI=1S/C14H21N6O6PS/c1-8(21)26-6-9-7-28-13-14(16-17-15,27(25,18(2)3)19(4)5)12(24)20(13)10(9)11(22)23/h13H,6-7H2,1-5H3,(H,22,23)/t13-,14?/m1/s1. The van der Waals surface area contributed by atoms with E-state index in [4.69, 9.17) is 10.3 Å². The molecule has 2 aliphatic rings. The highest BCUT2D eigenvalue weighted by Crippen LogP contribution is 2.70. The van der Waals surface area contributed by atoms with Crippen LogP contribution in [0.4, 0.5) is 0 Å². The van der Waals surface area contributed by atoms with E-state index in [1.807, 2.05) is 0 Å². The summed E-state index contributed by atoms with van der Waals surface area (Å²) in [6, 6.07) is 0. The first-order chi connectivity index (χ1) is 13.0. The molecule has 2 rings (SSSR count). The van der Waals surface area contributed by atoms with Crippen molar-refractivity contribution < 1.29 is 28.8 Å². The van der Waals surface area contributed by atoms with Gasteiger partial charge in [0.15, 0.2) is 0 Å². The Morgan fingerprint density at radius 3 is 2.43 bits per heavy atom. The van der Waals surface area contributed by atoms with Crippen LogP contribution in [0.1, 0.15) is 6.92 Å². The van der Waals surface area contributed by atoms with Gasteiger partial charge in [-0.2, -0.15) is 0 Å². The van der Waals surface area contributed by atoms with E-state index < -0.39 is 35.9 Å². The average Bonchev–Trinajstić information content (AvgIpc) is 2.61. The molecule has 0 bridgehead atoms. The van der Waals surface area contributed by atoms with Gasteiger partial charge in [0, 0.05) is 23.2 Å². The van der Waals surface area contributed by atoms with E-state index >= 15 is 0 Å². The summed E-state index contributed by atoms with van der Waals surface area (Å²) >= 11 is 1.11. The van der Waals surface area contributed by atoms with Crippen LogP contribution in [0, 0.1) is 0 Å². The number of amides is 1. The number of carbonyl (C=O) groups is 3. The van der Waals surface area contributed by atoms with Crippen LogP contribution >= 0.6 is 19.2 Å². The van der Waals surface area contributed by atoms with E-state index in [0.717, 1.165) is 16.7 Å². The molecule has 1 N–H and O–H groups in total. The lowest BCUT2D eigenvalue weighted by atomic mass is 10.0. The molecule has 0 aromatic carbocycles. The Labute approximate surface area is 165 Å². The van der Waals surface area contributed by atoms with Gasteiger partial charge in [-0.15, -0.1) is 11.8 Å². The first-order valence-corrected chi connectivity index (χ1v) is 10.7. The summed E-state index contributed by atoms with van der Waals surface area (Å²) in [4.78, 5) is 39.8. The highest BCUT2D eigenvalue weighted by Gasteiger charge is 2.74. The Balaban J connectivity index is 2.62. The lowest BCUT2D eigenvalue weighted by molar-refractivity contribution is -0.150. The molecule has 2 heterocycles. The maximum Gasteiger partial charge on any atom is 0.352 e. The largest absolute Gasteiger partial charge is 0.477 e. The smallest absolute Gasteiger partial charge is 0.352 e. The van der Waals surface area contributed by atoms with E-state index in [9.17, 15) is 24.1 Å². The molecule has 0 aromatic rings. The van der Waals surface area contributed by atoms with Crippen molar-refractivity contribution in [3.63, 3.8) is 0 Å². The second-order valence-electron chi connectivity index (χ2n) is 6.53. The number of ether oxygens (including phenoxy) is 1. The van der Waals surface area contributed by atoms with E-state index in [1.165, 1.54) is 44.5 Å². The van der Waals surface area contributed by atoms with Crippen molar-refractivity contribution in [1.82, 2.24) is 14.2 Å². The van der Waals surface area contributed by atoms with E-state index in [1.54, 1.807) is 0 Å². The van der Waals surface area contributed by atoms with Gasteiger partial charge in [-0.05, 0) is 33.7 Å². The number of esters is 1. The third kappa shape index (κ3) is 2.99. The molecule has 0 saturated carbocycles. The van der Waals surface area contributed by atoms with E-state index in [-0.39, 0.29) is 23.6 Å². The molecule has 1 amide bonds. The molecule has 12 nitrogen and oxygen atoms in total. The van der Waals surface area contributed by atoms with Crippen LogP contribution in [-0.2, 0) is 23.7 Å². The van der Waals surface area contributed by atoms with Crippen molar-refractivity contribution in [3.8, 4) is 0 Å². The van der Waals surface area contributed by atoms with Crippen molar-refractivity contribution in [3.05, 3.63) is 21.7 Å². The van der Waals surface area contributed by atoms with Gasteiger partial charge in [0.2, 0.25) is 12.7 Å². The monoisotopic (exact) mass is 432 g/mol. The molecule has 1 unspecified atom stereocenters. The predicted molar refractivity (Wildman–Crippen MR) is 101 cm³/mol. The molecule has 2 atom stereocenters. The molecule has 0 radical (unpaired) electrons. The second-order valence-corrected chi connectivity index (χ2v) is 11.0. The fourth-order valence-corrected chi connectivity index (χ4v) is 8.14. The lowest BCUT2D eigenvalue weighted by Gasteiger charge is -2.58. The molecule has 28 heavy (non-hydrogen) atoms. The molecule has 0 aromatic heterocycles. The third-order valence-corrected chi connectivity index (χ3v) is 9.62. The Morgan fingerprint density at radius 1 is 1.43 bits per heavy atom. The maximum atomic E-state index is 13.8. The molecule has 1 saturated heterocycles. The first-order valence-electron chi connectivity index (χ1n) is 8.02. The molecule has 0 aliphatic carbocycles. The van der Waals surface area contributed by atoms with Crippen molar-refractivity contribution in [1.29, 1.82) is 0 Å². The van der Waals surface area contributed by atoms with Gasteiger partial charge >= 0.3 is 11.9 Å². The normalized spacial score (nSPS) is 24.6. The number of hydrogen-bond acceptors (Lipinski definition) is 7. The van der Waals surface area contributed by atoms with Crippen LogP contribution < -0.4 is 0 Å². The van der Waals surface area contributed by atoms with Crippen LogP contribution in [0.2, 0.25) is 0 Å². The number of carbonyl (C=O) groups excluding carboxylic acids is 2. The zero-order valence-corrected chi connectivity index (χ0v) is 17.7. The number of nitrogens with zero attached hydrogens (tertiary/aromatic N) is 6. The second kappa shape index (κ2) is 7.76. The minimum Gasteiger partial charge on any atom is -0.477 e. The third-order valence-electron chi connectivity index (χ3n) is 4.48. The van der Waals surface area contributed by atoms with Gasteiger partial charge in [0.25, 0.3) is 5.91 Å². The molecule has 0 spiro atoms. The zero-order valence-electron chi connectivity index (χ0n) is 16.0. The maximum absolute atomic E-state index is 13.8. The number of hydrogen-bond donors (Lipinski definition) is 1. The number of carboxylic acids is 1. The van der Waals surface area contributed by atoms with Crippen molar-refractivity contribution in [2.24, 2.45) is 5.11 Å². The van der Waals surface area contributed by atoms with Crippen molar-refractivity contribution in [2.75, 3.05) is 40.6 Å². The van der Waals surface area contributed by atoms with Crippen LogP contribution in [0.25, 0.3) is 10.4 Å². The predicted octanol–water partition coefficient (Wildman–Crippen LogP) is 1.13. The Hall–Kier alpha value is -2.04. The highest BCUT2D eigenvalue weighted by atomic mass is 32.2. The van der Waals surface area contributed by atoms with Gasteiger partial charge in [-0.1, -0.05) is 5.11 Å². The lowest BCUT2D eigenvalue weighted by Crippen LogP contribution is -2.73. The molecule has 1 fully saturated rings. The summed E-state index contributed by atoms with van der Waals surface area (Å²) in [5.74, 6) is -2.74. The van der Waals surface area contributed by atoms with Gasteiger partial charge < -0.3 is 9.84 Å². The number of rotatable bonds is 7. The van der Waals surface area contributed by atoms with Crippen molar-refractivity contribution >= 4 is 37.1 Å². The van der Waals surface area contributed by atoms with Gasteiger partial charge in [-0.3, -0.25) is 19.1 Å². The van der Waals surface area contributed by atoms with E-state index in [2.05, 4.69) is 10.0 Å². The molecule has 154 valence electrons. The minimum atomic E-state index is -3.73. The Morgan fingerprint density at radius 2 is 2.00 bits per heavy atom. The SMILES string of the molecule is CC(=O)OCC1=C(C(=O)O)N2C(=O)C(N=[N+]=[N-])(P(=O)(N(C)C)N(C)C)[C@H]2SC1. The summed E-state index contributed by atoms with van der Waals surface area (Å²) in [6.45, 7) is 0.902. The number of β-lactam (4-membered cyclic amide) rings is 1. The highest BCUT2D eigenvalue weighted by molar-refractivity contribution is 8.00. The molecular formula is C14H21N6O6PS. The number of fused-ring (bicyclic) bond motifs is 1. The molecular weight excluding hydrogens is 411 g/mol. The summed E-state index contributed by atoms with van der Waals surface area (Å²) in [6.07, 6.45) is 0.